The minimum absolute atomic E-state index is 0.252. The van der Waals surface area contributed by atoms with Crippen LogP contribution in [0.15, 0.2) is 24.4 Å². The van der Waals surface area contributed by atoms with Crippen LogP contribution in [0.5, 0.6) is 0 Å². The maximum absolute atomic E-state index is 13.4. The van der Waals surface area contributed by atoms with E-state index in [1.165, 1.54) is 17.4 Å². The molecule has 5 heteroatoms. The minimum Gasteiger partial charge on any atom is -0.362 e. The smallest absolute Gasteiger partial charge is 0.183 e. The summed E-state index contributed by atoms with van der Waals surface area (Å²) < 4.78 is 26.4. The Hall–Kier alpha value is -1.49. The second kappa shape index (κ2) is 4.57. The lowest BCUT2D eigenvalue weighted by atomic mass is 10.2. The number of nitrogens with zero attached hydrogens (tertiary/aromatic N) is 1. The number of aromatic nitrogens is 1. The van der Waals surface area contributed by atoms with Crippen LogP contribution in [0.2, 0.25) is 0 Å². The lowest BCUT2D eigenvalue weighted by molar-refractivity contribution is 0.603. The zero-order valence-corrected chi connectivity index (χ0v) is 9.44. The van der Waals surface area contributed by atoms with Gasteiger partial charge in [0.05, 0.1) is 4.88 Å². The van der Waals surface area contributed by atoms with Gasteiger partial charge in [-0.15, -0.1) is 0 Å². The number of halogens is 2. The fourth-order valence-corrected chi connectivity index (χ4v) is 2.22. The van der Waals surface area contributed by atoms with Crippen molar-refractivity contribution in [1.29, 1.82) is 0 Å². The molecule has 0 unspecified atom stereocenters. The fraction of sp³-hybridized carbons (Fsp3) is 0.182. The van der Waals surface area contributed by atoms with Crippen LogP contribution < -0.4 is 5.32 Å². The lowest BCUT2D eigenvalue weighted by Gasteiger charge is -1.99. The van der Waals surface area contributed by atoms with Gasteiger partial charge in [-0.2, -0.15) is 0 Å². The van der Waals surface area contributed by atoms with Crippen molar-refractivity contribution in [3.63, 3.8) is 0 Å². The van der Waals surface area contributed by atoms with Gasteiger partial charge in [-0.3, -0.25) is 0 Å². The summed E-state index contributed by atoms with van der Waals surface area (Å²) >= 11 is 1.30. The second-order valence-corrected chi connectivity index (χ2v) is 4.21. The normalized spacial score (nSPS) is 10.4. The lowest BCUT2D eigenvalue weighted by Crippen LogP contribution is -1.94. The molecule has 1 heterocycles. The van der Waals surface area contributed by atoms with Gasteiger partial charge in [-0.05, 0) is 25.1 Å². The Bertz CT molecular complexity index is 496. The van der Waals surface area contributed by atoms with Crippen LogP contribution in [0.3, 0.4) is 0 Å². The number of hydrogen-bond donors (Lipinski definition) is 1. The molecule has 0 aliphatic carbocycles. The first kappa shape index (κ1) is 11.0. The highest BCUT2D eigenvalue weighted by Gasteiger charge is 2.09. The Kier molecular flexibility index (Phi) is 3.14. The molecule has 1 aromatic carbocycles. The van der Waals surface area contributed by atoms with Crippen LogP contribution in [-0.2, 0) is 0 Å². The van der Waals surface area contributed by atoms with E-state index in [0.29, 0.717) is 10.0 Å². The van der Waals surface area contributed by atoms with Crippen LogP contribution in [-0.4, -0.2) is 11.5 Å². The molecule has 0 saturated carbocycles. The molecule has 0 bridgehead atoms. The van der Waals surface area contributed by atoms with Gasteiger partial charge in [-0.1, -0.05) is 11.3 Å². The molecule has 2 aromatic rings. The van der Waals surface area contributed by atoms with Crippen LogP contribution in [0.25, 0.3) is 10.4 Å². The Labute approximate surface area is 96.0 Å². The van der Waals surface area contributed by atoms with Gasteiger partial charge in [0.25, 0.3) is 0 Å². The molecule has 1 aromatic heterocycles. The predicted octanol–water partition coefficient (Wildman–Crippen LogP) is 3.52. The molecule has 0 saturated heterocycles. The number of rotatable bonds is 3. The monoisotopic (exact) mass is 240 g/mol. The molecule has 16 heavy (non-hydrogen) atoms. The standard InChI is InChI=1S/C11H10F2N2S/c1-2-14-11-15-6-10(16-11)8-5-7(12)3-4-9(8)13/h3-6H,2H2,1H3,(H,14,15). The number of anilines is 1. The summed E-state index contributed by atoms with van der Waals surface area (Å²) in [6.07, 6.45) is 1.54. The van der Waals surface area contributed by atoms with Crippen molar-refractivity contribution in [2.75, 3.05) is 11.9 Å². The van der Waals surface area contributed by atoms with E-state index in [4.69, 9.17) is 0 Å². The molecule has 0 atom stereocenters. The molecular formula is C11H10F2N2S. The van der Waals surface area contributed by atoms with E-state index >= 15 is 0 Å². The summed E-state index contributed by atoms with van der Waals surface area (Å²) in [6.45, 7) is 2.70. The Balaban J connectivity index is 2.38. The van der Waals surface area contributed by atoms with E-state index in [-0.39, 0.29) is 5.56 Å². The summed E-state index contributed by atoms with van der Waals surface area (Å²) in [5.74, 6) is -0.886. The quantitative estimate of drug-likeness (QED) is 0.887. The Morgan fingerprint density at radius 3 is 2.94 bits per heavy atom. The molecule has 0 fully saturated rings. The van der Waals surface area contributed by atoms with Gasteiger partial charge in [0.1, 0.15) is 11.6 Å². The van der Waals surface area contributed by atoms with E-state index in [9.17, 15) is 8.78 Å². The van der Waals surface area contributed by atoms with Crippen LogP contribution in [0.1, 0.15) is 6.92 Å². The van der Waals surface area contributed by atoms with Crippen molar-refractivity contribution in [1.82, 2.24) is 4.98 Å². The van der Waals surface area contributed by atoms with E-state index in [1.807, 2.05) is 6.92 Å². The number of benzene rings is 1. The van der Waals surface area contributed by atoms with Crippen LogP contribution in [0.4, 0.5) is 13.9 Å². The highest BCUT2D eigenvalue weighted by atomic mass is 32.1. The van der Waals surface area contributed by atoms with Gasteiger partial charge < -0.3 is 5.32 Å². The molecular weight excluding hydrogens is 230 g/mol. The Morgan fingerprint density at radius 1 is 1.38 bits per heavy atom. The Morgan fingerprint density at radius 2 is 2.19 bits per heavy atom. The SMILES string of the molecule is CCNc1ncc(-c2cc(F)ccc2F)s1. The summed E-state index contributed by atoms with van der Waals surface area (Å²) in [5, 5.41) is 3.73. The second-order valence-electron chi connectivity index (χ2n) is 3.18. The third-order valence-electron chi connectivity index (χ3n) is 2.03. The molecule has 0 amide bonds. The summed E-state index contributed by atoms with van der Waals surface area (Å²) in [4.78, 5) is 4.69. The van der Waals surface area contributed by atoms with Crippen molar-refractivity contribution < 1.29 is 8.78 Å². The van der Waals surface area contributed by atoms with Gasteiger partial charge in [0, 0.05) is 18.3 Å². The molecule has 2 rings (SSSR count). The third kappa shape index (κ3) is 2.19. The first-order valence-electron chi connectivity index (χ1n) is 4.86. The third-order valence-corrected chi connectivity index (χ3v) is 3.02. The van der Waals surface area contributed by atoms with Crippen molar-refractivity contribution in [2.24, 2.45) is 0 Å². The average molecular weight is 240 g/mol. The molecule has 0 radical (unpaired) electrons. The zero-order chi connectivity index (χ0) is 11.5. The fourth-order valence-electron chi connectivity index (χ4n) is 1.32. The van der Waals surface area contributed by atoms with Crippen molar-refractivity contribution >= 4 is 16.5 Å². The van der Waals surface area contributed by atoms with E-state index in [0.717, 1.165) is 18.7 Å². The highest BCUT2D eigenvalue weighted by Crippen LogP contribution is 2.31. The van der Waals surface area contributed by atoms with Crippen molar-refractivity contribution in [2.45, 2.75) is 6.92 Å². The molecule has 84 valence electrons. The van der Waals surface area contributed by atoms with Gasteiger partial charge in [-0.25, -0.2) is 13.8 Å². The van der Waals surface area contributed by atoms with E-state index in [2.05, 4.69) is 10.3 Å². The number of nitrogens with one attached hydrogen (secondary N) is 1. The van der Waals surface area contributed by atoms with Gasteiger partial charge in [0.15, 0.2) is 5.13 Å². The average Bonchev–Trinajstić information content (AvgIpc) is 2.71. The van der Waals surface area contributed by atoms with Crippen LogP contribution in [0, 0.1) is 11.6 Å². The molecule has 1 N–H and O–H groups in total. The first-order chi connectivity index (χ1) is 7.70. The van der Waals surface area contributed by atoms with Crippen molar-refractivity contribution in [3.8, 4) is 10.4 Å². The van der Waals surface area contributed by atoms with Gasteiger partial charge >= 0.3 is 0 Å². The maximum atomic E-state index is 13.4. The van der Waals surface area contributed by atoms with Crippen molar-refractivity contribution in [3.05, 3.63) is 36.0 Å². The molecule has 0 aliphatic rings. The van der Waals surface area contributed by atoms with E-state index in [1.54, 1.807) is 6.20 Å². The minimum atomic E-state index is -0.449. The molecule has 2 nitrogen and oxygen atoms in total. The number of thiazole rings is 1. The predicted molar refractivity (Wildman–Crippen MR) is 61.6 cm³/mol. The highest BCUT2D eigenvalue weighted by molar-refractivity contribution is 7.18. The maximum Gasteiger partial charge on any atom is 0.183 e. The van der Waals surface area contributed by atoms with E-state index < -0.39 is 11.6 Å². The van der Waals surface area contributed by atoms with Crippen LogP contribution >= 0.6 is 11.3 Å². The summed E-state index contributed by atoms with van der Waals surface area (Å²) in [5.41, 5.74) is 0.252. The topological polar surface area (TPSA) is 24.9 Å². The molecule has 0 spiro atoms. The largest absolute Gasteiger partial charge is 0.362 e. The van der Waals surface area contributed by atoms with Gasteiger partial charge in [0.2, 0.25) is 0 Å². The molecule has 0 aliphatic heterocycles. The zero-order valence-electron chi connectivity index (χ0n) is 8.63. The summed E-state index contributed by atoms with van der Waals surface area (Å²) in [6, 6.07) is 3.40. The number of hydrogen-bond acceptors (Lipinski definition) is 3. The summed E-state index contributed by atoms with van der Waals surface area (Å²) in [7, 11) is 0. The first-order valence-corrected chi connectivity index (χ1v) is 5.67.